The summed E-state index contributed by atoms with van der Waals surface area (Å²) in [7, 11) is -4.65. The lowest BCUT2D eigenvalue weighted by Gasteiger charge is -2.43. The predicted molar refractivity (Wildman–Crippen MR) is 151 cm³/mol. The van der Waals surface area contributed by atoms with Gasteiger partial charge >= 0.3 is 0 Å². The molecule has 1 aliphatic rings. The Morgan fingerprint density at radius 1 is 0.886 bits per heavy atom. The molecule has 1 aliphatic carbocycles. The molecular weight excluding hydrogens is 466 g/mol. The van der Waals surface area contributed by atoms with Crippen molar-refractivity contribution in [1.29, 1.82) is 0 Å². The first-order chi connectivity index (χ1) is 16.3. The van der Waals surface area contributed by atoms with E-state index in [2.05, 4.69) is 131 Å². The van der Waals surface area contributed by atoms with Gasteiger partial charge in [-0.1, -0.05) is 113 Å². The molecule has 7 heteroatoms. The first-order valence-corrected chi connectivity index (χ1v) is 17.3. The second-order valence-electron chi connectivity index (χ2n) is 12.1. The Kier molecular flexibility index (Phi) is 8.19. The molecular formula is C28H41N3O2Si2. The molecule has 0 saturated heterocycles. The van der Waals surface area contributed by atoms with Crippen molar-refractivity contribution in [2.75, 3.05) is 6.61 Å². The van der Waals surface area contributed by atoms with E-state index in [1.165, 1.54) is 10.4 Å². The first-order valence-electron chi connectivity index (χ1n) is 12.5. The molecule has 0 aromatic heterocycles. The molecule has 0 spiro atoms. The van der Waals surface area contributed by atoms with Gasteiger partial charge < -0.3 is 8.85 Å². The molecule has 1 unspecified atom stereocenters. The van der Waals surface area contributed by atoms with Crippen molar-refractivity contribution >= 4 is 27.0 Å². The smallest absolute Gasteiger partial charge is 0.261 e. The molecule has 2 aromatic carbocycles. The van der Waals surface area contributed by atoms with Crippen LogP contribution in [0.5, 0.6) is 0 Å². The molecule has 0 amide bonds. The van der Waals surface area contributed by atoms with Crippen molar-refractivity contribution in [3.05, 3.63) is 82.8 Å². The van der Waals surface area contributed by atoms with Gasteiger partial charge in [0.25, 0.3) is 8.32 Å². The normalized spacial score (nSPS) is 19.3. The summed E-state index contributed by atoms with van der Waals surface area (Å²) in [5, 5.41) is 6.61. The number of hydrogen-bond donors (Lipinski definition) is 0. The first kappa shape index (κ1) is 27.4. The second-order valence-corrected chi connectivity index (χ2v) is 21.2. The van der Waals surface area contributed by atoms with E-state index in [4.69, 9.17) is 8.85 Å². The summed E-state index contributed by atoms with van der Waals surface area (Å²) in [4.78, 5) is 3.12. The molecule has 0 saturated carbocycles. The van der Waals surface area contributed by atoms with Gasteiger partial charge in [-0.2, -0.15) is 0 Å². The van der Waals surface area contributed by atoms with Crippen LogP contribution in [-0.4, -0.2) is 35.4 Å². The highest BCUT2D eigenvalue weighted by atomic mass is 28.4. The number of azide groups is 1. The highest BCUT2D eigenvalue weighted by Gasteiger charge is 2.50. The second kappa shape index (κ2) is 10.4. The monoisotopic (exact) mass is 507 g/mol. The van der Waals surface area contributed by atoms with E-state index in [0.717, 1.165) is 12.0 Å². The van der Waals surface area contributed by atoms with Gasteiger partial charge in [0.15, 0.2) is 8.32 Å². The van der Waals surface area contributed by atoms with Gasteiger partial charge in [0.1, 0.15) is 0 Å². The quantitative estimate of drug-likeness (QED) is 0.127. The molecule has 3 rings (SSSR count). The zero-order valence-electron chi connectivity index (χ0n) is 22.6. The van der Waals surface area contributed by atoms with Crippen molar-refractivity contribution in [1.82, 2.24) is 0 Å². The Bertz CT molecular complexity index is 1030. The minimum Gasteiger partial charge on any atom is -0.413 e. The Hall–Kier alpha value is -2.16. The summed E-state index contributed by atoms with van der Waals surface area (Å²) < 4.78 is 13.8. The van der Waals surface area contributed by atoms with Crippen LogP contribution in [-0.2, 0) is 8.85 Å². The number of nitrogens with zero attached hydrogens (tertiary/aromatic N) is 3. The number of benzene rings is 2. The molecule has 188 valence electrons. The fourth-order valence-electron chi connectivity index (χ4n) is 4.70. The van der Waals surface area contributed by atoms with Crippen LogP contribution in [0.15, 0.2) is 77.4 Å². The van der Waals surface area contributed by atoms with Crippen molar-refractivity contribution in [3.8, 4) is 0 Å². The summed E-state index contributed by atoms with van der Waals surface area (Å²) in [5.41, 5.74) is 10.4. The SMILES string of the molecule is CC(C)(C)[Si](C)(C)OC1CC(CO[Si](c2ccccc2)(c2ccccc2)C(C)(C)C)=C[C@@H]1N=[N+]=[N-]. The molecule has 0 fully saturated rings. The summed E-state index contributed by atoms with van der Waals surface area (Å²) in [6, 6.07) is 21.1. The fourth-order valence-corrected chi connectivity index (χ4v) is 10.6. The molecule has 5 nitrogen and oxygen atoms in total. The van der Waals surface area contributed by atoms with Crippen LogP contribution in [0.3, 0.4) is 0 Å². The van der Waals surface area contributed by atoms with Crippen molar-refractivity contribution < 1.29 is 8.85 Å². The standard InChI is InChI=1S/C28H41N3O2Si2/c1-27(2,3)34(7,8)33-26-20-22(19-25(26)30-31-29)21-32-35(28(4,5)6,23-15-11-9-12-16-23)24-17-13-10-14-18-24/h9-19,25-26H,20-21H2,1-8H3/t25-,26?/m0/s1. The van der Waals surface area contributed by atoms with Crippen LogP contribution in [0.25, 0.3) is 10.4 Å². The van der Waals surface area contributed by atoms with Gasteiger partial charge in [-0.15, -0.1) is 0 Å². The maximum atomic E-state index is 9.21. The van der Waals surface area contributed by atoms with Crippen LogP contribution < -0.4 is 10.4 Å². The topological polar surface area (TPSA) is 67.2 Å². The van der Waals surface area contributed by atoms with Gasteiger partial charge in [-0.05, 0) is 51.1 Å². The third-order valence-electron chi connectivity index (χ3n) is 7.58. The van der Waals surface area contributed by atoms with Gasteiger partial charge in [0.05, 0.1) is 18.8 Å². The lowest BCUT2D eigenvalue weighted by molar-refractivity contribution is 0.174. The van der Waals surface area contributed by atoms with E-state index in [0.29, 0.717) is 6.61 Å². The Morgan fingerprint density at radius 2 is 1.40 bits per heavy atom. The Labute approximate surface area is 213 Å². The highest BCUT2D eigenvalue weighted by molar-refractivity contribution is 6.99. The Balaban J connectivity index is 1.94. The Morgan fingerprint density at radius 3 is 1.83 bits per heavy atom. The third kappa shape index (κ3) is 5.81. The summed E-state index contributed by atoms with van der Waals surface area (Å²) in [6.07, 6.45) is 2.67. The lowest BCUT2D eigenvalue weighted by Crippen LogP contribution is -2.66. The van der Waals surface area contributed by atoms with Crippen molar-refractivity contribution in [2.24, 2.45) is 5.11 Å². The fraction of sp³-hybridized carbons (Fsp3) is 0.500. The van der Waals surface area contributed by atoms with Crippen molar-refractivity contribution in [3.63, 3.8) is 0 Å². The van der Waals surface area contributed by atoms with Gasteiger partial charge in [0, 0.05) is 4.91 Å². The van der Waals surface area contributed by atoms with Crippen LogP contribution in [0, 0.1) is 0 Å². The largest absolute Gasteiger partial charge is 0.413 e. The predicted octanol–water partition coefficient (Wildman–Crippen LogP) is 6.96. The molecule has 2 atom stereocenters. The summed E-state index contributed by atoms with van der Waals surface area (Å²) in [5.74, 6) is 0. The summed E-state index contributed by atoms with van der Waals surface area (Å²) in [6.45, 7) is 18.6. The average molecular weight is 508 g/mol. The van der Waals surface area contributed by atoms with Crippen LogP contribution in [0.2, 0.25) is 23.2 Å². The van der Waals surface area contributed by atoms with Crippen LogP contribution in [0.1, 0.15) is 48.0 Å². The highest BCUT2D eigenvalue weighted by Crippen LogP contribution is 2.41. The van der Waals surface area contributed by atoms with E-state index in [1.54, 1.807) is 0 Å². The molecule has 0 bridgehead atoms. The molecule has 35 heavy (non-hydrogen) atoms. The van der Waals surface area contributed by atoms with Crippen LogP contribution >= 0.6 is 0 Å². The zero-order valence-corrected chi connectivity index (χ0v) is 24.6. The minimum atomic E-state index is -2.63. The van der Waals surface area contributed by atoms with E-state index < -0.39 is 16.6 Å². The van der Waals surface area contributed by atoms with E-state index in [-0.39, 0.29) is 22.2 Å². The van der Waals surface area contributed by atoms with E-state index in [1.807, 2.05) is 0 Å². The van der Waals surface area contributed by atoms with Crippen molar-refractivity contribution in [2.45, 2.75) is 83.3 Å². The average Bonchev–Trinajstić information content (AvgIpc) is 3.15. The number of hydrogen-bond acceptors (Lipinski definition) is 3. The maximum Gasteiger partial charge on any atom is 0.261 e. The van der Waals surface area contributed by atoms with E-state index >= 15 is 0 Å². The third-order valence-corrected chi connectivity index (χ3v) is 17.1. The number of rotatable bonds is 8. The molecule has 0 heterocycles. The molecule has 0 radical (unpaired) electrons. The summed E-state index contributed by atoms with van der Waals surface area (Å²) >= 11 is 0. The lowest BCUT2D eigenvalue weighted by atomic mass is 10.2. The van der Waals surface area contributed by atoms with Crippen LogP contribution in [0.4, 0.5) is 0 Å². The van der Waals surface area contributed by atoms with Gasteiger partial charge in [-0.3, -0.25) is 0 Å². The minimum absolute atomic E-state index is 0.0854. The zero-order chi connectivity index (χ0) is 25.9. The van der Waals surface area contributed by atoms with E-state index in [9.17, 15) is 5.53 Å². The van der Waals surface area contributed by atoms with Gasteiger partial charge in [-0.25, -0.2) is 0 Å². The van der Waals surface area contributed by atoms with Gasteiger partial charge in [0.2, 0.25) is 0 Å². The maximum absolute atomic E-state index is 9.21. The molecule has 0 aliphatic heterocycles. The molecule has 2 aromatic rings. The molecule has 0 N–H and O–H groups in total.